The first-order valence-electron chi connectivity index (χ1n) is 7.70. The summed E-state index contributed by atoms with van der Waals surface area (Å²) in [6.45, 7) is 8.14. The molecule has 0 aromatic heterocycles. The molecule has 1 unspecified atom stereocenters. The fourth-order valence-corrected chi connectivity index (χ4v) is 2.00. The van der Waals surface area contributed by atoms with E-state index in [1.54, 1.807) is 14.2 Å². The van der Waals surface area contributed by atoms with E-state index >= 15 is 0 Å². The summed E-state index contributed by atoms with van der Waals surface area (Å²) in [6.07, 6.45) is 0.243. The molecule has 0 bridgehead atoms. The summed E-state index contributed by atoms with van der Waals surface area (Å²) in [4.78, 5) is 4.22. The molecule has 0 amide bonds. The molecule has 1 rings (SSSR count). The number of halogens is 1. The molecule has 1 aromatic carbocycles. The molecular formula is C17H30IN3O2. The minimum atomic E-state index is 0. The molecular weight excluding hydrogens is 405 g/mol. The Bertz CT molecular complexity index is 467. The summed E-state index contributed by atoms with van der Waals surface area (Å²) in [7, 11) is 3.46. The van der Waals surface area contributed by atoms with Gasteiger partial charge in [-0.3, -0.25) is 4.99 Å². The van der Waals surface area contributed by atoms with Crippen LogP contribution in [0.25, 0.3) is 0 Å². The fourth-order valence-electron chi connectivity index (χ4n) is 2.00. The van der Waals surface area contributed by atoms with Crippen LogP contribution in [0.1, 0.15) is 31.9 Å². The highest BCUT2D eigenvalue weighted by Gasteiger charge is 2.05. The molecule has 0 radical (unpaired) electrons. The van der Waals surface area contributed by atoms with Crippen LogP contribution < -0.4 is 10.6 Å². The van der Waals surface area contributed by atoms with Gasteiger partial charge in [0.15, 0.2) is 5.96 Å². The summed E-state index contributed by atoms with van der Waals surface area (Å²) < 4.78 is 10.8. The van der Waals surface area contributed by atoms with Crippen LogP contribution in [0.5, 0.6) is 0 Å². The monoisotopic (exact) mass is 435 g/mol. The lowest BCUT2D eigenvalue weighted by molar-refractivity contribution is 0.0657. The van der Waals surface area contributed by atoms with Crippen LogP contribution in [0.3, 0.4) is 0 Å². The molecule has 23 heavy (non-hydrogen) atoms. The lowest BCUT2D eigenvalue weighted by atomic mass is 10.1. The van der Waals surface area contributed by atoms with Crippen molar-refractivity contribution in [2.24, 2.45) is 4.99 Å². The van der Waals surface area contributed by atoms with Crippen molar-refractivity contribution in [2.45, 2.75) is 46.1 Å². The number of hydrogen-bond donors (Lipinski definition) is 2. The van der Waals surface area contributed by atoms with E-state index in [0.29, 0.717) is 13.2 Å². The number of ether oxygens (including phenoxy) is 2. The van der Waals surface area contributed by atoms with Crippen molar-refractivity contribution >= 4 is 29.9 Å². The third-order valence-corrected chi connectivity index (χ3v) is 3.06. The number of hydrogen-bond acceptors (Lipinski definition) is 3. The van der Waals surface area contributed by atoms with Crippen molar-refractivity contribution in [2.75, 3.05) is 20.8 Å². The lowest BCUT2D eigenvalue weighted by Gasteiger charge is -2.17. The van der Waals surface area contributed by atoms with E-state index in [9.17, 15) is 0 Å². The molecule has 132 valence electrons. The average Bonchev–Trinajstić information content (AvgIpc) is 2.50. The number of methoxy groups -OCH3 is 1. The highest BCUT2D eigenvalue weighted by atomic mass is 127. The Kier molecular flexibility index (Phi) is 12.1. The van der Waals surface area contributed by atoms with Gasteiger partial charge in [0.2, 0.25) is 0 Å². The van der Waals surface area contributed by atoms with E-state index in [1.165, 1.54) is 11.1 Å². The zero-order valence-corrected chi connectivity index (χ0v) is 17.1. The van der Waals surface area contributed by atoms with Gasteiger partial charge in [0.1, 0.15) is 0 Å². The van der Waals surface area contributed by atoms with Gasteiger partial charge in [-0.1, -0.05) is 24.3 Å². The predicted molar refractivity (Wildman–Crippen MR) is 106 cm³/mol. The Morgan fingerprint density at radius 3 is 2.52 bits per heavy atom. The summed E-state index contributed by atoms with van der Waals surface area (Å²) in [5.41, 5.74) is 2.39. The normalized spacial score (nSPS) is 12.7. The molecule has 0 aliphatic rings. The van der Waals surface area contributed by atoms with E-state index in [4.69, 9.17) is 9.47 Å². The molecule has 2 N–H and O–H groups in total. The van der Waals surface area contributed by atoms with Gasteiger partial charge < -0.3 is 20.1 Å². The maximum Gasteiger partial charge on any atom is 0.191 e. The van der Waals surface area contributed by atoms with Crippen molar-refractivity contribution in [1.82, 2.24) is 10.6 Å². The summed E-state index contributed by atoms with van der Waals surface area (Å²) in [5.74, 6) is 0.772. The van der Waals surface area contributed by atoms with Gasteiger partial charge in [-0.15, -0.1) is 24.0 Å². The lowest BCUT2D eigenvalue weighted by Crippen LogP contribution is -2.43. The molecule has 0 saturated heterocycles. The molecule has 0 spiro atoms. The number of nitrogens with zero attached hydrogens (tertiary/aromatic N) is 1. The zero-order chi connectivity index (χ0) is 16.4. The van der Waals surface area contributed by atoms with E-state index < -0.39 is 0 Å². The second-order valence-corrected chi connectivity index (χ2v) is 5.61. The Morgan fingerprint density at radius 2 is 1.91 bits per heavy atom. The molecule has 1 atom stereocenters. The first-order chi connectivity index (χ1) is 10.5. The minimum absolute atomic E-state index is 0. The van der Waals surface area contributed by atoms with Crippen LogP contribution in [-0.2, 0) is 22.6 Å². The maximum atomic E-state index is 5.64. The van der Waals surface area contributed by atoms with Crippen molar-refractivity contribution in [3.05, 3.63) is 35.4 Å². The number of benzene rings is 1. The Hall–Kier alpha value is -0.860. The van der Waals surface area contributed by atoms with E-state index in [2.05, 4.69) is 46.8 Å². The molecule has 0 heterocycles. The second-order valence-electron chi connectivity index (χ2n) is 5.61. The third kappa shape index (κ3) is 9.78. The van der Waals surface area contributed by atoms with E-state index in [0.717, 1.165) is 12.5 Å². The number of rotatable bonds is 8. The highest BCUT2D eigenvalue weighted by Crippen LogP contribution is 2.07. The van der Waals surface area contributed by atoms with Gasteiger partial charge >= 0.3 is 0 Å². The van der Waals surface area contributed by atoms with Crippen LogP contribution in [0, 0.1) is 0 Å². The first-order valence-corrected chi connectivity index (χ1v) is 7.70. The van der Waals surface area contributed by atoms with Crippen LogP contribution in [0.2, 0.25) is 0 Å². The van der Waals surface area contributed by atoms with Gasteiger partial charge in [0.05, 0.1) is 19.3 Å². The Morgan fingerprint density at radius 1 is 1.22 bits per heavy atom. The summed E-state index contributed by atoms with van der Waals surface area (Å²) in [6, 6.07) is 8.60. The predicted octanol–water partition coefficient (Wildman–Crippen LogP) is 2.93. The number of aliphatic imine (C=N–C) groups is 1. The quantitative estimate of drug-likeness (QED) is 0.375. The van der Waals surface area contributed by atoms with Gasteiger partial charge in [-0.2, -0.15) is 0 Å². The van der Waals surface area contributed by atoms with Crippen molar-refractivity contribution in [1.29, 1.82) is 0 Å². The van der Waals surface area contributed by atoms with Crippen LogP contribution in [0.15, 0.2) is 29.3 Å². The van der Waals surface area contributed by atoms with Crippen molar-refractivity contribution < 1.29 is 9.47 Å². The number of nitrogens with one attached hydrogen (secondary N) is 2. The van der Waals surface area contributed by atoms with E-state index in [-0.39, 0.29) is 36.1 Å². The summed E-state index contributed by atoms with van der Waals surface area (Å²) in [5, 5.41) is 6.59. The molecule has 6 heteroatoms. The topological polar surface area (TPSA) is 54.9 Å². The molecule has 0 saturated carbocycles. The van der Waals surface area contributed by atoms with Gasteiger partial charge in [-0.05, 0) is 31.9 Å². The molecule has 0 fully saturated rings. The Labute approximate surface area is 157 Å². The van der Waals surface area contributed by atoms with Crippen LogP contribution in [0.4, 0.5) is 0 Å². The molecule has 0 aliphatic carbocycles. The van der Waals surface area contributed by atoms with Gasteiger partial charge in [0, 0.05) is 26.7 Å². The smallest absolute Gasteiger partial charge is 0.191 e. The average molecular weight is 435 g/mol. The minimum Gasteiger partial charge on any atom is -0.383 e. The third-order valence-electron chi connectivity index (χ3n) is 3.06. The fraction of sp³-hybridized carbons (Fsp3) is 0.588. The molecule has 0 aliphatic heterocycles. The van der Waals surface area contributed by atoms with Crippen LogP contribution >= 0.6 is 24.0 Å². The largest absolute Gasteiger partial charge is 0.383 e. The SMILES string of the molecule is CN=C(NCc1cccc(COC(C)C)c1)NC(C)COC.I. The zero-order valence-electron chi connectivity index (χ0n) is 14.8. The molecule has 1 aromatic rings. The second kappa shape index (κ2) is 12.5. The number of guanidine groups is 1. The highest BCUT2D eigenvalue weighted by molar-refractivity contribution is 14.0. The van der Waals surface area contributed by atoms with Crippen molar-refractivity contribution in [3.63, 3.8) is 0 Å². The maximum absolute atomic E-state index is 5.64. The Balaban J connectivity index is 0.00000484. The van der Waals surface area contributed by atoms with E-state index in [1.807, 2.05) is 13.8 Å². The van der Waals surface area contributed by atoms with Gasteiger partial charge in [-0.25, -0.2) is 0 Å². The molecule has 5 nitrogen and oxygen atoms in total. The van der Waals surface area contributed by atoms with Crippen LogP contribution in [-0.4, -0.2) is 38.9 Å². The summed E-state index contributed by atoms with van der Waals surface area (Å²) >= 11 is 0. The van der Waals surface area contributed by atoms with Gasteiger partial charge in [0.25, 0.3) is 0 Å². The standard InChI is InChI=1S/C17H29N3O2.HI/c1-13(2)22-12-16-8-6-7-15(9-16)10-19-17(18-4)20-14(3)11-21-5;/h6-9,13-14H,10-12H2,1-5H3,(H2,18,19,20);1H. The van der Waals surface area contributed by atoms with Crippen molar-refractivity contribution in [3.8, 4) is 0 Å². The first kappa shape index (κ1) is 22.1.